The van der Waals surface area contributed by atoms with Crippen molar-refractivity contribution in [2.24, 2.45) is 0 Å². The first-order valence-electron chi connectivity index (χ1n) is 7.10. The molecular formula is C14H17BN2O4. The van der Waals surface area contributed by atoms with Crippen LogP contribution < -0.4 is 0 Å². The minimum absolute atomic E-state index is 0.0171. The molecule has 0 spiro atoms. The number of rotatable bonds is 3. The highest BCUT2D eigenvalue weighted by Crippen LogP contribution is 2.23. The van der Waals surface area contributed by atoms with Crippen molar-refractivity contribution >= 4 is 18.9 Å². The Morgan fingerprint density at radius 1 is 1.33 bits per heavy atom. The lowest BCUT2D eigenvalue weighted by molar-refractivity contribution is -0.132. The lowest BCUT2D eigenvalue weighted by atomic mass is 9.78. The third-order valence-corrected chi connectivity index (χ3v) is 4.19. The lowest BCUT2D eigenvalue weighted by Crippen LogP contribution is -2.49. The largest absolute Gasteiger partial charge is 0.475 e. The van der Waals surface area contributed by atoms with Crippen molar-refractivity contribution in [3.8, 4) is 0 Å². The van der Waals surface area contributed by atoms with Gasteiger partial charge < -0.3 is 19.8 Å². The van der Waals surface area contributed by atoms with Crippen LogP contribution in [0, 0.1) is 0 Å². The first kappa shape index (κ1) is 14.1. The molecule has 1 aromatic carbocycles. The fraction of sp³-hybridized carbons (Fsp3) is 0.429. The van der Waals surface area contributed by atoms with Gasteiger partial charge in [0, 0.05) is 18.7 Å². The van der Waals surface area contributed by atoms with Crippen LogP contribution >= 0.6 is 0 Å². The zero-order valence-corrected chi connectivity index (χ0v) is 11.6. The molecule has 0 bridgehead atoms. The number of benzene rings is 1. The van der Waals surface area contributed by atoms with Gasteiger partial charge in [-0.2, -0.15) is 0 Å². The molecule has 0 saturated carbocycles. The number of hydrogen-bond donors (Lipinski definition) is 2. The highest BCUT2D eigenvalue weighted by molar-refractivity contribution is 6.43. The first-order chi connectivity index (χ1) is 10.1. The van der Waals surface area contributed by atoms with E-state index in [1.807, 2.05) is 12.1 Å². The van der Waals surface area contributed by atoms with Crippen molar-refractivity contribution in [2.45, 2.75) is 25.3 Å². The summed E-state index contributed by atoms with van der Waals surface area (Å²) in [6.07, 6.45) is 1.33. The maximum atomic E-state index is 12.3. The van der Waals surface area contributed by atoms with Gasteiger partial charge in [-0.15, -0.1) is 0 Å². The Morgan fingerprint density at radius 2 is 2.10 bits per heavy atom. The third-order valence-electron chi connectivity index (χ3n) is 4.19. The molecule has 0 aromatic heterocycles. The van der Waals surface area contributed by atoms with Gasteiger partial charge in [-0.1, -0.05) is 18.2 Å². The van der Waals surface area contributed by atoms with Gasteiger partial charge in [-0.05, 0) is 24.5 Å². The van der Waals surface area contributed by atoms with Gasteiger partial charge >= 0.3 is 7.12 Å². The summed E-state index contributed by atoms with van der Waals surface area (Å²) in [5.41, 5.74) is 1.57. The molecule has 0 radical (unpaired) electrons. The Hall–Kier alpha value is -1.86. The second-order valence-electron chi connectivity index (χ2n) is 5.53. The van der Waals surface area contributed by atoms with Crippen LogP contribution in [0.25, 0.3) is 0 Å². The van der Waals surface area contributed by atoms with Gasteiger partial charge in [-0.3, -0.25) is 9.59 Å². The van der Waals surface area contributed by atoms with Gasteiger partial charge in [0.05, 0.1) is 5.94 Å². The van der Waals surface area contributed by atoms with Crippen LogP contribution in [-0.2, 0) is 11.3 Å². The molecule has 1 atom stereocenters. The molecule has 2 aliphatic rings. The van der Waals surface area contributed by atoms with Gasteiger partial charge in [0.15, 0.2) is 0 Å². The van der Waals surface area contributed by atoms with E-state index in [0.717, 1.165) is 12.0 Å². The maximum Gasteiger partial charge on any atom is 0.475 e. The SMILES string of the molecule is O=C1c2ccccc2CN1CC(=O)N1CCC[C@H]1B(O)O. The number of carbonyl (C=O) groups is 2. The minimum atomic E-state index is -1.53. The highest BCUT2D eigenvalue weighted by Gasteiger charge is 2.38. The standard InChI is InChI=1S/C14H17BN2O4/c18-13(17-7-3-6-12(17)15(20)21)9-16-8-10-4-1-2-5-11(10)14(16)19/h1-2,4-5,12,20-21H,3,6-9H2/t12-/m0/s1. The second-order valence-corrected chi connectivity index (χ2v) is 5.53. The van der Waals surface area contributed by atoms with Crippen LogP contribution in [0.5, 0.6) is 0 Å². The molecule has 21 heavy (non-hydrogen) atoms. The second kappa shape index (κ2) is 5.50. The number of hydrogen-bond acceptors (Lipinski definition) is 4. The third kappa shape index (κ3) is 2.54. The van der Waals surface area contributed by atoms with Gasteiger partial charge in [0.1, 0.15) is 6.54 Å². The molecule has 2 amide bonds. The molecular weight excluding hydrogens is 271 g/mol. The molecule has 6 nitrogen and oxygen atoms in total. The average molecular weight is 288 g/mol. The fourth-order valence-electron chi connectivity index (χ4n) is 3.11. The van der Waals surface area contributed by atoms with Crippen molar-refractivity contribution in [3.05, 3.63) is 35.4 Å². The van der Waals surface area contributed by atoms with Crippen molar-refractivity contribution < 1.29 is 19.6 Å². The van der Waals surface area contributed by atoms with E-state index in [1.165, 1.54) is 9.80 Å². The van der Waals surface area contributed by atoms with Crippen molar-refractivity contribution in [1.29, 1.82) is 0 Å². The number of amides is 2. The fourth-order valence-corrected chi connectivity index (χ4v) is 3.11. The molecule has 7 heteroatoms. The molecule has 3 rings (SSSR count). The zero-order chi connectivity index (χ0) is 15.0. The Kier molecular flexibility index (Phi) is 3.69. The summed E-state index contributed by atoms with van der Waals surface area (Å²) in [6.45, 7) is 0.924. The quantitative estimate of drug-likeness (QED) is 0.745. The zero-order valence-electron chi connectivity index (χ0n) is 11.6. The summed E-state index contributed by atoms with van der Waals surface area (Å²) in [7, 11) is -1.53. The van der Waals surface area contributed by atoms with Crippen LogP contribution in [-0.4, -0.2) is 57.8 Å². The molecule has 1 fully saturated rings. The molecule has 1 saturated heterocycles. The summed E-state index contributed by atoms with van der Waals surface area (Å²) in [5, 5.41) is 18.6. The van der Waals surface area contributed by atoms with E-state index in [9.17, 15) is 19.6 Å². The molecule has 110 valence electrons. The number of likely N-dealkylation sites (tertiary alicyclic amines) is 1. The molecule has 0 unspecified atom stereocenters. The summed E-state index contributed by atoms with van der Waals surface area (Å²) in [5.74, 6) is -0.927. The van der Waals surface area contributed by atoms with Crippen LogP contribution in [0.2, 0.25) is 0 Å². The van der Waals surface area contributed by atoms with Crippen LogP contribution in [0.3, 0.4) is 0 Å². The maximum absolute atomic E-state index is 12.3. The summed E-state index contributed by atoms with van der Waals surface area (Å²) < 4.78 is 0. The van der Waals surface area contributed by atoms with Crippen LogP contribution in [0.15, 0.2) is 24.3 Å². The number of carbonyl (C=O) groups excluding carboxylic acids is 2. The van der Waals surface area contributed by atoms with E-state index in [2.05, 4.69) is 0 Å². The van der Waals surface area contributed by atoms with E-state index in [4.69, 9.17) is 0 Å². The first-order valence-corrected chi connectivity index (χ1v) is 7.10. The Balaban J connectivity index is 1.68. The summed E-state index contributed by atoms with van der Waals surface area (Å²) >= 11 is 0. The number of fused-ring (bicyclic) bond motifs is 1. The van der Waals surface area contributed by atoms with Gasteiger partial charge in [0.2, 0.25) is 5.91 Å². The van der Waals surface area contributed by atoms with Crippen molar-refractivity contribution in [3.63, 3.8) is 0 Å². The minimum Gasteiger partial charge on any atom is -0.426 e. The monoisotopic (exact) mass is 288 g/mol. The Morgan fingerprint density at radius 3 is 2.81 bits per heavy atom. The van der Waals surface area contributed by atoms with Crippen molar-refractivity contribution in [2.75, 3.05) is 13.1 Å². The van der Waals surface area contributed by atoms with E-state index >= 15 is 0 Å². The highest BCUT2D eigenvalue weighted by atomic mass is 16.4. The predicted molar refractivity (Wildman–Crippen MR) is 76.1 cm³/mol. The van der Waals surface area contributed by atoms with E-state index in [0.29, 0.717) is 25.1 Å². The molecule has 1 aromatic rings. The van der Waals surface area contributed by atoms with Crippen LogP contribution in [0.1, 0.15) is 28.8 Å². The topological polar surface area (TPSA) is 81.1 Å². The van der Waals surface area contributed by atoms with E-state index in [1.54, 1.807) is 12.1 Å². The molecule has 0 aliphatic carbocycles. The van der Waals surface area contributed by atoms with E-state index in [-0.39, 0.29) is 18.4 Å². The molecule has 2 N–H and O–H groups in total. The molecule has 2 aliphatic heterocycles. The Labute approximate surface area is 123 Å². The van der Waals surface area contributed by atoms with Gasteiger partial charge in [-0.25, -0.2) is 0 Å². The summed E-state index contributed by atoms with van der Waals surface area (Å²) in [6, 6.07) is 7.32. The average Bonchev–Trinajstić information content (AvgIpc) is 3.05. The van der Waals surface area contributed by atoms with Gasteiger partial charge in [0.25, 0.3) is 5.91 Å². The smallest absolute Gasteiger partial charge is 0.426 e. The number of nitrogens with zero attached hydrogens (tertiary/aromatic N) is 2. The predicted octanol–water partition coefficient (Wildman–Crippen LogP) is -0.355. The summed E-state index contributed by atoms with van der Waals surface area (Å²) in [4.78, 5) is 27.5. The molecule has 2 heterocycles. The van der Waals surface area contributed by atoms with Crippen molar-refractivity contribution in [1.82, 2.24) is 9.80 Å². The van der Waals surface area contributed by atoms with Crippen LogP contribution in [0.4, 0.5) is 0 Å². The lowest BCUT2D eigenvalue weighted by Gasteiger charge is -2.26. The van der Waals surface area contributed by atoms with E-state index < -0.39 is 13.1 Å². The normalized spacial score (nSPS) is 20.9. The Bertz CT molecular complexity index is 578.